The molecule has 0 aliphatic heterocycles. The first-order chi connectivity index (χ1) is 10.3. The van der Waals surface area contributed by atoms with Crippen molar-refractivity contribution in [2.45, 2.75) is 31.7 Å². The van der Waals surface area contributed by atoms with E-state index in [1.807, 2.05) is 12.1 Å². The molecule has 0 saturated carbocycles. The Kier molecular flexibility index (Phi) is 4.26. The average Bonchev–Trinajstić information content (AvgIpc) is 2.91. The molecule has 0 bridgehead atoms. The van der Waals surface area contributed by atoms with Crippen LogP contribution >= 0.6 is 11.6 Å². The van der Waals surface area contributed by atoms with Gasteiger partial charge < -0.3 is 4.57 Å². The van der Waals surface area contributed by atoms with Gasteiger partial charge in [-0.15, -0.1) is 11.6 Å². The van der Waals surface area contributed by atoms with Crippen LogP contribution in [-0.2, 0) is 12.4 Å². The maximum Gasteiger partial charge on any atom is 0.124 e. The number of aryl methyl sites for hydroxylation is 1. The zero-order chi connectivity index (χ0) is 14.7. The van der Waals surface area contributed by atoms with Gasteiger partial charge in [0, 0.05) is 6.54 Å². The minimum atomic E-state index is 0.453. The quantitative estimate of drug-likeness (QED) is 0.608. The first-order valence-corrected chi connectivity index (χ1v) is 7.88. The van der Waals surface area contributed by atoms with Crippen molar-refractivity contribution in [2.24, 2.45) is 0 Å². The van der Waals surface area contributed by atoms with E-state index in [4.69, 9.17) is 11.6 Å². The van der Waals surface area contributed by atoms with Crippen LogP contribution in [0.4, 0.5) is 0 Å². The summed E-state index contributed by atoms with van der Waals surface area (Å²) in [7, 11) is 0. The largest absolute Gasteiger partial charge is 0.327 e. The number of alkyl halides is 1. The van der Waals surface area contributed by atoms with Gasteiger partial charge in [-0.25, -0.2) is 4.98 Å². The monoisotopic (exact) mass is 298 g/mol. The molecule has 108 valence electrons. The predicted octanol–water partition coefficient (Wildman–Crippen LogP) is 4.97. The van der Waals surface area contributed by atoms with E-state index in [9.17, 15) is 0 Å². The Hall–Kier alpha value is -1.80. The van der Waals surface area contributed by atoms with Gasteiger partial charge in [0.15, 0.2) is 0 Å². The summed E-state index contributed by atoms with van der Waals surface area (Å²) in [6.45, 7) is 3.22. The second-order valence-electron chi connectivity index (χ2n) is 5.40. The fraction of sp³-hybridized carbons (Fsp3) is 0.278. The van der Waals surface area contributed by atoms with Gasteiger partial charge in [0.1, 0.15) is 5.82 Å². The summed E-state index contributed by atoms with van der Waals surface area (Å²) in [6.07, 6.45) is 1.08. The van der Waals surface area contributed by atoms with E-state index in [-0.39, 0.29) is 0 Å². The predicted molar refractivity (Wildman–Crippen MR) is 88.8 cm³/mol. The smallest absolute Gasteiger partial charge is 0.124 e. The van der Waals surface area contributed by atoms with Crippen molar-refractivity contribution in [1.29, 1.82) is 0 Å². The van der Waals surface area contributed by atoms with E-state index in [1.54, 1.807) is 0 Å². The number of rotatable bonds is 5. The SMILES string of the molecule is CC(CCn1c(CCl)nc2ccccc21)c1ccccc1. The lowest BCUT2D eigenvalue weighted by atomic mass is 9.98. The van der Waals surface area contributed by atoms with Crippen LogP contribution in [0, 0.1) is 0 Å². The first-order valence-electron chi connectivity index (χ1n) is 7.34. The highest BCUT2D eigenvalue weighted by Crippen LogP contribution is 2.23. The Morgan fingerprint density at radius 3 is 2.52 bits per heavy atom. The lowest BCUT2D eigenvalue weighted by Crippen LogP contribution is -2.06. The third-order valence-corrected chi connectivity index (χ3v) is 4.25. The third-order valence-electron chi connectivity index (χ3n) is 4.01. The maximum absolute atomic E-state index is 6.05. The van der Waals surface area contributed by atoms with Gasteiger partial charge in [-0.05, 0) is 30.0 Å². The topological polar surface area (TPSA) is 17.8 Å². The highest BCUT2D eigenvalue weighted by molar-refractivity contribution is 6.16. The molecule has 3 aromatic rings. The van der Waals surface area contributed by atoms with E-state index < -0.39 is 0 Å². The van der Waals surface area contributed by atoms with E-state index in [0.717, 1.165) is 24.3 Å². The molecule has 0 saturated heterocycles. The number of fused-ring (bicyclic) bond motifs is 1. The molecule has 0 fully saturated rings. The summed E-state index contributed by atoms with van der Waals surface area (Å²) in [5.74, 6) is 1.93. The molecule has 2 nitrogen and oxygen atoms in total. The highest BCUT2D eigenvalue weighted by Gasteiger charge is 2.11. The number of hydrogen-bond acceptors (Lipinski definition) is 1. The molecule has 0 amide bonds. The number of nitrogens with zero attached hydrogens (tertiary/aromatic N) is 2. The summed E-state index contributed by atoms with van der Waals surface area (Å²) in [5, 5.41) is 0. The lowest BCUT2D eigenvalue weighted by molar-refractivity contribution is 0.575. The molecule has 3 rings (SSSR count). The van der Waals surface area contributed by atoms with E-state index >= 15 is 0 Å². The molecule has 0 N–H and O–H groups in total. The summed E-state index contributed by atoms with van der Waals surface area (Å²) in [5.41, 5.74) is 3.59. The molecule has 1 atom stereocenters. The van der Waals surface area contributed by atoms with Crippen LogP contribution in [0.15, 0.2) is 54.6 Å². The zero-order valence-corrected chi connectivity index (χ0v) is 12.9. The van der Waals surface area contributed by atoms with Crippen molar-refractivity contribution in [3.8, 4) is 0 Å². The Bertz CT molecular complexity index is 718. The second-order valence-corrected chi connectivity index (χ2v) is 5.67. The minimum absolute atomic E-state index is 0.453. The van der Waals surface area contributed by atoms with Crippen molar-refractivity contribution in [2.75, 3.05) is 0 Å². The highest BCUT2D eigenvalue weighted by atomic mass is 35.5. The van der Waals surface area contributed by atoms with Gasteiger partial charge in [-0.2, -0.15) is 0 Å². The molecule has 1 heterocycles. The molecule has 2 aromatic carbocycles. The molecule has 0 spiro atoms. The van der Waals surface area contributed by atoms with Crippen LogP contribution in [0.5, 0.6) is 0 Å². The molecule has 0 radical (unpaired) electrons. The summed E-state index contributed by atoms with van der Waals surface area (Å²) < 4.78 is 2.25. The Balaban J connectivity index is 1.82. The maximum atomic E-state index is 6.05. The zero-order valence-electron chi connectivity index (χ0n) is 12.2. The van der Waals surface area contributed by atoms with Gasteiger partial charge in [0.25, 0.3) is 0 Å². The molecule has 1 aromatic heterocycles. The number of hydrogen-bond donors (Lipinski definition) is 0. The third kappa shape index (κ3) is 2.96. The first kappa shape index (κ1) is 14.2. The molecular weight excluding hydrogens is 280 g/mol. The molecular formula is C18H19ClN2. The van der Waals surface area contributed by atoms with Crippen LogP contribution in [0.1, 0.15) is 30.7 Å². The Labute approximate surface area is 130 Å². The van der Waals surface area contributed by atoms with Crippen molar-refractivity contribution in [1.82, 2.24) is 9.55 Å². The van der Waals surface area contributed by atoms with Gasteiger partial charge in [-0.1, -0.05) is 49.4 Å². The van der Waals surface area contributed by atoms with Crippen LogP contribution in [0.25, 0.3) is 11.0 Å². The number of imidazole rings is 1. The second kappa shape index (κ2) is 6.31. The minimum Gasteiger partial charge on any atom is -0.327 e. The molecule has 0 aliphatic rings. The summed E-state index contributed by atoms with van der Waals surface area (Å²) >= 11 is 6.05. The van der Waals surface area contributed by atoms with Gasteiger partial charge in [0.2, 0.25) is 0 Å². The Morgan fingerprint density at radius 2 is 1.76 bits per heavy atom. The molecule has 21 heavy (non-hydrogen) atoms. The standard InChI is InChI=1S/C18H19ClN2/c1-14(15-7-3-2-4-8-15)11-12-21-17-10-6-5-9-16(17)20-18(21)13-19/h2-10,14H,11-13H2,1H3. The number of halogens is 1. The van der Waals surface area contributed by atoms with Crippen molar-refractivity contribution >= 4 is 22.6 Å². The summed E-state index contributed by atoms with van der Waals surface area (Å²) in [4.78, 5) is 4.61. The van der Waals surface area contributed by atoms with E-state index in [2.05, 4.69) is 58.9 Å². The van der Waals surface area contributed by atoms with Crippen LogP contribution < -0.4 is 0 Å². The van der Waals surface area contributed by atoms with Crippen molar-refractivity contribution < 1.29 is 0 Å². The lowest BCUT2D eigenvalue weighted by Gasteiger charge is -2.14. The van der Waals surface area contributed by atoms with Crippen molar-refractivity contribution in [3.63, 3.8) is 0 Å². The molecule has 3 heteroatoms. The van der Waals surface area contributed by atoms with Crippen LogP contribution in [-0.4, -0.2) is 9.55 Å². The number of benzene rings is 2. The van der Waals surface area contributed by atoms with Gasteiger partial charge >= 0.3 is 0 Å². The van der Waals surface area contributed by atoms with E-state index in [1.165, 1.54) is 11.1 Å². The van der Waals surface area contributed by atoms with Crippen LogP contribution in [0.3, 0.4) is 0 Å². The normalized spacial score (nSPS) is 12.7. The van der Waals surface area contributed by atoms with E-state index in [0.29, 0.717) is 11.8 Å². The summed E-state index contributed by atoms with van der Waals surface area (Å²) in [6, 6.07) is 18.9. The number of aromatic nitrogens is 2. The van der Waals surface area contributed by atoms with Gasteiger partial charge in [0.05, 0.1) is 16.9 Å². The number of para-hydroxylation sites is 2. The fourth-order valence-electron chi connectivity index (χ4n) is 2.75. The molecule has 0 aliphatic carbocycles. The fourth-order valence-corrected chi connectivity index (χ4v) is 2.95. The van der Waals surface area contributed by atoms with Crippen molar-refractivity contribution in [3.05, 3.63) is 66.0 Å². The molecule has 1 unspecified atom stereocenters. The Morgan fingerprint density at radius 1 is 1.05 bits per heavy atom. The van der Waals surface area contributed by atoms with Gasteiger partial charge in [-0.3, -0.25) is 0 Å². The van der Waals surface area contributed by atoms with Crippen LogP contribution in [0.2, 0.25) is 0 Å². The average molecular weight is 299 g/mol.